The van der Waals surface area contributed by atoms with Crippen LogP contribution in [0, 0.1) is 0 Å². The first-order valence-electron chi connectivity index (χ1n) is 6.09. The van der Waals surface area contributed by atoms with Gasteiger partial charge in [0.05, 0.1) is 6.10 Å². The molecule has 0 aliphatic heterocycles. The molecule has 0 saturated heterocycles. The Morgan fingerprint density at radius 1 is 1.16 bits per heavy atom. The summed E-state index contributed by atoms with van der Waals surface area (Å²) in [5.41, 5.74) is 0.785. The highest BCUT2D eigenvalue weighted by Crippen LogP contribution is 2.21. The van der Waals surface area contributed by atoms with Crippen LogP contribution in [0.2, 0.25) is 5.28 Å². The second kappa shape index (κ2) is 5.52. The zero-order valence-electron chi connectivity index (χ0n) is 11.3. The van der Waals surface area contributed by atoms with Crippen molar-refractivity contribution < 1.29 is 4.74 Å². The highest BCUT2D eigenvalue weighted by atomic mass is 35.5. The first-order chi connectivity index (χ1) is 8.97. The van der Waals surface area contributed by atoms with E-state index >= 15 is 0 Å². The number of hydrogen-bond acceptors (Lipinski definition) is 5. The summed E-state index contributed by atoms with van der Waals surface area (Å²) in [6, 6.07) is 2.27. The summed E-state index contributed by atoms with van der Waals surface area (Å²) in [5.74, 6) is 0.460. The Hall–Kier alpha value is -1.69. The SMILES string of the molecule is CC(C)Oc1nc(Cl)nc(-c2ccnn2C(C)C)n1. The van der Waals surface area contributed by atoms with Gasteiger partial charge in [-0.3, -0.25) is 4.68 Å². The number of halogens is 1. The minimum absolute atomic E-state index is 0.0265. The summed E-state index contributed by atoms with van der Waals surface area (Å²) in [6.45, 7) is 7.86. The van der Waals surface area contributed by atoms with Crippen LogP contribution in [0.15, 0.2) is 12.3 Å². The smallest absolute Gasteiger partial charge is 0.321 e. The van der Waals surface area contributed by atoms with Gasteiger partial charge in [0, 0.05) is 12.2 Å². The van der Waals surface area contributed by atoms with Gasteiger partial charge in [-0.25, -0.2) is 0 Å². The third kappa shape index (κ3) is 3.20. The quantitative estimate of drug-likeness (QED) is 0.862. The molecule has 0 spiro atoms. The van der Waals surface area contributed by atoms with Gasteiger partial charge in [-0.1, -0.05) is 0 Å². The van der Waals surface area contributed by atoms with E-state index in [1.54, 1.807) is 6.20 Å². The number of rotatable bonds is 4. The van der Waals surface area contributed by atoms with Crippen LogP contribution in [-0.2, 0) is 0 Å². The lowest BCUT2D eigenvalue weighted by Gasteiger charge is -2.11. The van der Waals surface area contributed by atoms with Crippen molar-refractivity contribution in [3.05, 3.63) is 17.5 Å². The van der Waals surface area contributed by atoms with E-state index in [1.165, 1.54) is 0 Å². The predicted octanol–water partition coefficient (Wildman–Crippen LogP) is 2.76. The molecule has 2 heterocycles. The first-order valence-corrected chi connectivity index (χ1v) is 6.47. The molecule has 6 nitrogen and oxygen atoms in total. The average molecular weight is 282 g/mol. The van der Waals surface area contributed by atoms with Crippen molar-refractivity contribution in [2.45, 2.75) is 39.8 Å². The average Bonchev–Trinajstić information content (AvgIpc) is 2.75. The Morgan fingerprint density at radius 2 is 1.89 bits per heavy atom. The third-order valence-corrected chi connectivity index (χ3v) is 2.49. The Bertz CT molecular complexity index is 567. The standard InChI is InChI=1S/C12H16ClN5O/c1-7(2)18-9(5-6-14-18)10-15-11(13)17-12(16-10)19-8(3)4/h5-8H,1-4H3. The van der Waals surface area contributed by atoms with Gasteiger partial charge in [-0.15, -0.1) is 0 Å². The number of ether oxygens (including phenoxy) is 1. The van der Waals surface area contributed by atoms with Crippen LogP contribution in [0.3, 0.4) is 0 Å². The van der Waals surface area contributed by atoms with Gasteiger partial charge in [-0.05, 0) is 45.4 Å². The van der Waals surface area contributed by atoms with Gasteiger partial charge >= 0.3 is 6.01 Å². The van der Waals surface area contributed by atoms with Crippen LogP contribution in [0.25, 0.3) is 11.5 Å². The normalized spacial score (nSPS) is 11.3. The minimum atomic E-state index is -0.0265. The Balaban J connectivity index is 2.44. The molecular weight excluding hydrogens is 266 g/mol. The minimum Gasteiger partial charge on any atom is -0.461 e. The zero-order chi connectivity index (χ0) is 14.0. The van der Waals surface area contributed by atoms with E-state index < -0.39 is 0 Å². The number of nitrogens with zero attached hydrogens (tertiary/aromatic N) is 5. The Labute approximate surface area is 116 Å². The summed E-state index contributed by atoms with van der Waals surface area (Å²) < 4.78 is 7.28. The maximum Gasteiger partial charge on any atom is 0.321 e. The van der Waals surface area contributed by atoms with Crippen LogP contribution in [-0.4, -0.2) is 30.8 Å². The van der Waals surface area contributed by atoms with E-state index in [2.05, 4.69) is 20.1 Å². The van der Waals surface area contributed by atoms with E-state index in [1.807, 2.05) is 38.4 Å². The molecule has 0 atom stereocenters. The van der Waals surface area contributed by atoms with Crippen molar-refractivity contribution in [2.75, 3.05) is 0 Å². The van der Waals surface area contributed by atoms with Crippen molar-refractivity contribution in [3.8, 4) is 17.5 Å². The summed E-state index contributed by atoms with van der Waals surface area (Å²) in [7, 11) is 0. The van der Waals surface area contributed by atoms with E-state index in [-0.39, 0.29) is 23.4 Å². The second-order valence-corrected chi connectivity index (χ2v) is 4.97. The molecule has 7 heteroatoms. The molecule has 102 valence electrons. The lowest BCUT2D eigenvalue weighted by molar-refractivity contribution is 0.221. The maximum absolute atomic E-state index is 5.91. The lowest BCUT2D eigenvalue weighted by atomic mass is 10.3. The van der Waals surface area contributed by atoms with Gasteiger partial charge < -0.3 is 4.74 Å². The molecule has 0 radical (unpaired) electrons. The summed E-state index contributed by atoms with van der Waals surface area (Å²) in [6.07, 6.45) is 1.68. The second-order valence-electron chi connectivity index (χ2n) is 4.63. The summed E-state index contributed by atoms with van der Waals surface area (Å²) in [5, 5.41) is 4.35. The molecule has 2 aromatic heterocycles. The van der Waals surface area contributed by atoms with Gasteiger partial charge in [0.2, 0.25) is 5.28 Å². The van der Waals surface area contributed by atoms with E-state index in [9.17, 15) is 0 Å². The highest BCUT2D eigenvalue weighted by molar-refractivity contribution is 6.28. The van der Waals surface area contributed by atoms with Crippen LogP contribution >= 0.6 is 11.6 Å². The van der Waals surface area contributed by atoms with Crippen molar-refractivity contribution in [1.29, 1.82) is 0 Å². The first kappa shape index (κ1) is 13.7. The van der Waals surface area contributed by atoms with Crippen molar-refractivity contribution in [2.24, 2.45) is 0 Å². The molecule has 2 aromatic rings. The molecule has 0 aliphatic carbocycles. The van der Waals surface area contributed by atoms with Gasteiger partial charge in [0.15, 0.2) is 5.82 Å². The molecule has 0 N–H and O–H groups in total. The molecule has 0 aromatic carbocycles. The monoisotopic (exact) mass is 281 g/mol. The van der Waals surface area contributed by atoms with E-state index in [4.69, 9.17) is 16.3 Å². The predicted molar refractivity (Wildman–Crippen MR) is 72.2 cm³/mol. The van der Waals surface area contributed by atoms with Crippen LogP contribution < -0.4 is 4.74 Å². The van der Waals surface area contributed by atoms with Crippen molar-refractivity contribution >= 4 is 11.6 Å². The molecule has 0 unspecified atom stereocenters. The molecule has 0 fully saturated rings. The van der Waals surface area contributed by atoms with Gasteiger partial charge in [-0.2, -0.15) is 20.1 Å². The van der Waals surface area contributed by atoms with Crippen molar-refractivity contribution in [3.63, 3.8) is 0 Å². The van der Waals surface area contributed by atoms with Crippen molar-refractivity contribution in [1.82, 2.24) is 24.7 Å². The Kier molecular flexibility index (Phi) is 3.99. The molecule has 19 heavy (non-hydrogen) atoms. The summed E-state index contributed by atoms with van der Waals surface area (Å²) in [4.78, 5) is 12.3. The fraction of sp³-hybridized carbons (Fsp3) is 0.500. The molecule has 0 aliphatic rings. The zero-order valence-corrected chi connectivity index (χ0v) is 12.1. The topological polar surface area (TPSA) is 65.7 Å². The van der Waals surface area contributed by atoms with Crippen LogP contribution in [0.1, 0.15) is 33.7 Å². The lowest BCUT2D eigenvalue weighted by Crippen LogP contribution is -2.11. The molecular formula is C12H16ClN5O. The summed E-state index contributed by atoms with van der Waals surface area (Å²) >= 11 is 5.91. The molecule has 0 bridgehead atoms. The number of hydrogen-bond donors (Lipinski definition) is 0. The van der Waals surface area contributed by atoms with Crippen LogP contribution in [0.5, 0.6) is 6.01 Å². The van der Waals surface area contributed by atoms with Gasteiger partial charge in [0.25, 0.3) is 0 Å². The number of aromatic nitrogens is 5. The fourth-order valence-electron chi connectivity index (χ4n) is 1.61. The highest BCUT2D eigenvalue weighted by Gasteiger charge is 2.14. The fourth-order valence-corrected chi connectivity index (χ4v) is 1.77. The molecule has 0 saturated carbocycles. The Morgan fingerprint density at radius 3 is 2.53 bits per heavy atom. The van der Waals surface area contributed by atoms with E-state index in [0.717, 1.165) is 5.69 Å². The molecule has 0 amide bonds. The maximum atomic E-state index is 5.91. The molecule has 2 rings (SSSR count). The van der Waals surface area contributed by atoms with Crippen LogP contribution in [0.4, 0.5) is 0 Å². The largest absolute Gasteiger partial charge is 0.461 e. The third-order valence-electron chi connectivity index (χ3n) is 2.32. The van der Waals surface area contributed by atoms with Gasteiger partial charge in [0.1, 0.15) is 5.69 Å². The van der Waals surface area contributed by atoms with E-state index in [0.29, 0.717) is 5.82 Å².